The fraction of sp³-hybridized carbons (Fsp3) is 0.429. The highest BCUT2D eigenvalue weighted by Crippen LogP contribution is 2.35. The van der Waals surface area contributed by atoms with Gasteiger partial charge in [-0.1, -0.05) is 67.2 Å². The van der Waals surface area contributed by atoms with Gasteiger partial charge in [-0.05, 0) is 18.6 Å². The van der Waals surface area contributed by atoms with Crippen molar-refractivity contribution < 1.29 is 49.1 Å². The van der Waals surface area contributed by atoms with E-state index in [1.807, 2.05) is 30.3 Å². The second-order valence-electron chi connectivity index (χ2n) is 9.83. The number of esters is 1. The number of aliphatic hydroxyl groups excluding tert-OH is 3. The number of rotatable bonds is 9. The van der Waals surface area contributed by atoms with Crippen molar-refractivity contribution >= 4 is 46.5 Å². The Morgan fingerprint density at radius 3 is 2.24 bits per heavy atom. The summed E-state index contributed by atoms with van der Waals surface area (Å²) in [5.74, 6) is -3.39. The zero-order chi connectivity index (χ0) is 29.7. The Bertz CT molecular complexity index is 1230. The van der Waals surface area contributed by atoms with Crippen LogP contribution in [-0.4, -0.2) is 103 Å². The molecule has 0 spiro atoms. The van der Waals surface area contributed by atoms with Gasteiger partial charge in [0.25, 0.3) is 0 Å². The number of likely N-dealkylation sites (tertiary alicyclic amines) is 1. The Labute approximate surface area is 244 Å². The average molecular weight is 606 g/mol. The minimum absolute atomic E-state index is 0.177. The first-order chi connectivity index (χ1) is 19.6. The number of carbonyl (C=O) groups is 4. The van der Waals surface area contributed by atoms with E-state index < -0.39 is 54.6 Å². The zero-order valence-electron chi connectivity index (χ0n) is 22.0. The van der Waals surface area contributed by atoms with Crippen LogP contribution in [0.25, 0.3) is 0 Å². The van der Waals surface area contributed by atoms with Crippen molar-refractivity contribution in [2.24, 2.45) is 5.92 Å². The molecule has 220 valence electrons. The van der Waals surface area contributed by atoms with E-state index in [-0.39, 0.29) is 35.0 Å². The first-order valence-corrected chi connectivity index (χ1v) is 14.8. The molecule has 0 bridgehead atoms. The Morgan fingerprint density at radius 1 is 0.976 bits per heavy atom. The lowest BCUT2D eigenvalue weighted by Gasteiger charge is -2.38. The number of hydrogen-bond acceptors (Lipinski definition) is 11. The van der Waals surface area contributed by atoms with Crippen molar-refractivity contribution in [1.29, 1.82) is 0 Å². The second-order valence-corrected chi connectivity index (χ2v) is 12.2. The number of carboxylic acids is 1. The molecule has 5 unspecified atom stereocenters. The lowest BCUT2D eigenvalue weighted by Crippen LogP contribution is -2.61. The molecule has 2 saturated heterocycles. The standard InChI is InChI=1S/C28H31NO10S2/c1-15(14-40-27(37)16-8-4-2-5-9-16)24(33)29-13-18(41-17-10-6-3-7-11-17)12-19(29)26(36)39-28-22(32)20(30)21(31)23(38-28)25(34)35/h2-11,15,18-23,28,30-32H,12-14H2,1H3,(H,34,35)/t15-,18+,19-,20?,21?,22?,23?,28?/m0/s1. The molecule has 2 heterocycles. The maximum absolute atomic E-state index is 13.6. The van der Waals surface area contributed by atoms with Crippen LogP contribution in [0.2, 0.25) is 0 Å². The SMILES string of the molecule is C[C@@H](CSC(=O)c1ccccc1)C(=O)N1C[C@H](Sc2ccccc2)C[C@H]1C(=O)OC1OC(C(=O)O)C(O)C(O)C1O. The number of carbonyl (C=O) groups excluding carboxylic acids is 3. The van der Waals surface area contributed by atoms with Crippen molar-refractivity contribution in [3.8, 4) is 0 Å². The summed E-state index contributed by atoms with van der Waals surface area (Å²) in [7, 11) is 0. The predicted molar refractivity (Wildman–Crippen MR) is 149 cm³/mol. The van der Waals surface area contributed by atoms with Gasteiger partial charge in [0.15, 0.2) is 6.10 Å². The fourth-order valence-corrected chi connectivity index (χ4v) is 6.66. The van der Waals surface area contributed by atoms with Crippen LogP contribution in [0.15, 0.2) is 65.6 Å². The number of aliphatic hydroxyl groups is 3. The number of nitrogens with zero attached hydrogens (tertiary/aromatic N) is 1. The summed E-state index contributed by atoms with van der Waals surface area (Å²) in [5, 5.41) is 39.2. The lowest BCUT2D eigenvalue weighted by atomic mass is 9.99. The molecule has 0 saturated carbocycles. The smallest absolute Gasteiger partial charge is 0.335 e. The molecule has 2 aliphatic rings. The molecular weight excluding hydrogens is 574 g/mol. The topological polar surface area (TPSA) is 171 Å². The van der Waals surface area contributed by atoms with E-state index >= 15 is 0 Å². The molecule has 4 N–H and O–H groups in total. The van der Waals surface area contributed by atoms with Gasteiger partial charge in [0, 0.05) is 33.9 Å². The van der Waals surface area contributed by atoms with Crippen LogP contribution in [0.1, 0.15) is 23.7 Å². The number of benzene rings is 2. The highest BCUT2D eigenvalue weighted by molar-refractivity contribution is 8.14. The molecule has 11 nitrogen and oxygen atoms in total. The molecule has 0 aromatic heterocycles. The van der Waals surface area contributed by atoms with Gasteiger partial charge in [0.05, 0.1) is 0 Å². The largest absolute Gasteiger partial charge is 0.479 e. The maximum Gasteiger partial charge on any atom is 0.335 e. The van der Waals surface area contributed by atoms with E-state index in [9.17, 15) is 39.6 Å². The molecule has 4 rings (SSSR count). The summed E-state index contributed by atoms with van der Waals surface area (Å²) in [6, 6.07) is 17.0. The van der Waals surface area contributed by atoms with E-state index in [1.165, 1.54) is 16.7 Å². The van der Waals surface area contributed by atoms with Gasteiger partial charge in [-0.15, -0.1) is 11.8 Å². The highest BCUT2D eigenvalue weighted by Gasteiger charge is 2.50. The molecule has 41 heavy (non-hydrogen) atoms. The molecule has 2 aliphatic heterocycles. The normalized spacial score (nSPS) is 28.6. The molecule has 1 amide bonds. The fourth-order valence-electron chi connectivity index (χ4n) is 4.60. The molecular formula is C28H31NO10S2. The quantitative estimate of drug-likeness (QED) is 0.303. The van der Waals surface area contributed by atoms with Gasteiger partial charge in [0.1, 0.15) is 24.4 Å². The molecule has 2 aromatic rings. The summed E-state index contributed by atoms with van der Waals surface area (Å²) in [6.07, 6.45) is -9.41. The number of thioether (sulfide) groups is 2. The Morgan fingerprint density at radius 2 is 1.61 bits per heavy atom. The summed E-state index contributed by atoms with van der Waals surface area (Å²) < 4.78 is 10.4. The van der Waals surface area contributed by atoms with E-state index in [2.05, 4.69) is 0 Å². The van der Waals surface area contributed by atoms with Gasteiger partial charge in [-0.3, -0.25) is 9.59 Å². The van der Waals surface area contributed by atoms with Crippen LogP contribution in [-0.2, 0) is 23.9 Å². The average Bonchev–Trinajstić information content (AvgIpc) is 3.40. The summed E-state index contributed by atoms with van der Waals surface area (Å²) in [4.78, 5) is 53.2. The monoisotopic (exact) mass is 605 g/mol. The predicted octanol–water partition coefficient (Wildman–Crippen LogP) is 1.39. The van der Waals surface area contributed by atoms with Crippen molar-refractivity contribution in [2.45, 2.75) is 60.2 Å². The van der Waals surface area contributed by atoms with Crippen molar-refractivity contribution in [1.82, 2.24) is 4.90 Å². The Kier molecular flexibility index (Phi) is 10.4. The van der Waals surface area contributed by atoms with Crippen molar-refractivity contribution in [2.75, 3.05) is 12.3 Å². The van der Waals surface area contributed by atoms with Crippen LogP contribution in [0.5, 0.6) is 0 Å². The van der Waals surface area contributed by atoms with E-state index in [1.54, 1.807) is 37.3 Å². The second kappa shape index (κ2) is 13.8. The number of amides is 1. The molecule has 0 aliphatic carbocycles. The first-order valence-electron chi connectivity index (χ1n) is 12.9. The van der Waals surface area contributed by atoms with E-state index in [0.29, 0.717) is 5.56 Å². The minimum Gasteiger partial charge on any atom is -0.479 e. The maximum atomic E-state index is 13.6. The highest BCUT2D eigenvalue weighted by atomic mass is 32.2. The van der Waals surface area contributed by atoms with Crippen molar-refractivity contribution in [3.63, 3.8) is 0 Å². The summed E-state index contributed by atoms with van der Waals surface area (Å²) >= 11 is 2.48. The number of ether oxygens (including phenoxy) is 2. The third-order valence-corrected chi connectivity index (χ3v) is 9.19. The molecule has 0 radical (unpaired) electrons. The number of aliphatic carboxylic acids is 1. The van der Waals surface area contributed by atoms with E-state index in [0.717, 1.165) is 16.7 Å². The van der Waals surface area contributed by atoms with Crippen LogP contribution in [0.3, 0.4) is 0 Å². The minimum atomic E-state index is -1.94. The van der Waals surface area contributed by atoms with Gasteiger partial charge in [-0.2, -0.15) is 0 Å². The van der Waals surface area contributed by atoms with Gasteiger partial charge in [-0.25, -0.2) is 9.59 Å². The van der Waals surface area contributed by atoms with E-state index in [4.69, 9.17) is 9.47 Å². The summed E-state index contributed by atoms with van der Waals surface area (Å²) in [6.45, 7) is 1.86. The first kappa shape index (κ1) is 31.0. The van der Waals surface area contributed by atoms with Crippen molar-refractivity contribution in [3.05, 3.63) is 66.2 Å². The van der Waals surface area contributed by atoms with Crippen LogP contribution in [0.4, 0.5) is 0 Å². The third-order valence-electron chi connectivity index (χ3n) is 6.80. The Balaban J connectivity index is 1.47. The summed E-state index contributed by atoms with van der Waals surface area (Å²) in [5.41, 5.74) is 0.511. The molecule has 13 heteroatoms. The van der Waals surface area contributed by atoms with Gasteiger partial charge in [0.2, 0.25) is 17.3 Å². The number of carboxylic acid groups (broad SMARTS) is 1. The molecule has 2 aromatic carbocycles. The molecule has 8 atom stereocenters. The van der Waals surface area contributed by atoms with Crippen LogP contribution in [0, 0.1) is 5.92 Å². The van der Waals surface area contributed by atoms with Gasteiger partial charge < -0.3 is 34.8 Å². The lowest BCUT2D eigenvalue weighted by molar-refractivity contribution is -0.287. The number of hydrogen-bond donors (Lipinski definition) is 4. The van der Waals surface area contributed by atoms with Gasteiger partial charge >= 0.3 is 11.9 Å². The van der Waals surface area contributed by atoms with Crippen LogP contribution < -0.4 is 0 Å². The Hall–Kier alpha value is -2.94. The third kappa shape index (κ3) is 7.48. The van der Waals surface area contributed by atoms with Crippen LogP contribution >= 0.6 is 23.5 Å². The zero-order valence-corrected chi connectivity index (χ0v) is 23.6. The molecule has 2 fully saturated rings.